The lowest BCUT2D eigenvalue weighted by Gasteiger charge is -2.15. The Morgan fingerprint density at radius 1 is 0.340 bits per heavy atom. The van der Waals surface area contributed by atoms with Crippen molar-refractivity contribution in [3.05, 3.63) is 187 Å². The molecule has 0 spiro atoms. The molecule has 0 aliphatic heterocycles. The molecular weight excluding hydrogens is 643 g/mol. The van der Waals surface area contributed by atoms with Gasteiger partial charge in [0.1, 0.15) is 11.2 Å². The average Bonchev–Trinajstić information content (AvgIpc) is 3.61. The monoisotopic (exact) mass is 671 g/mol. The molecule has 0 amide bonds. The van der Waals surface area contributed by atoms with Gasteiger partial charge in [0.25, 0.3) is 0 Å². The van der Waals surface area contributed by atoms with E-state index in [1.807, 2.05) is 24.3 Å². The van der Waals surface area contributed by atoms with Crippen LogP contribution in [0.15, 0.2) is 180 Å². The van der Waals surface area contributed by atoms with Crippen molar-refractivity contribution in [1.29, 1.82) is 0 Å². The molecule has 2 heteroatoms. The maximum atomic E-state index is 7.26. The van der Waals surface area contributed by atoms with E-state index in [-0.39, 0.29) is 0 Å². The fourth-order valence-electron chi connectivity index (χ4n) is 8.53. The van der Waals surface area contributed by atoms with Crippen LogP contribution in [0.3, 0.4) is 0 Å². The van der Waals surface area contributed by atoms with E-state index in [9.17, 15) is 0 Å². The Labute approximate surface area is 305 Å². The van der Waals surface area contributed by atoms with E-state index in [4.69, 9.17) is 11.0 Å². The predicted molar refractivity (Wildman–Crippen MR) is 224 cm³/mol. The van der Waals surface area contributed by atoms with Crippen molar-refractivity contribution >= 4 is 81.5 Å². The summed E-state index contributed by atoms with van der Waals surface area (Å²) in [6.45, 7) is 7.26. The zero-order chi connectivity index (χ0) is 35.0. The van der Waals surface area contributed by atoms with Crippen LogP contribution in [-0.4, -0.2) is 0 Å². The van der Waals surface area contributed by atoms with Crippen molar-refractivity contribution in [2.75, 3.05) is 0 Å². The third-order valence-corrected chi connectivity index (χ3v) is 11.1. The van der Waals surface area contributed by atoms with Crippen LogP contribution in [0.2, 0.25) is 0 Å². The number of furan rings is 1. The van der Waals surface area contributed by atoms with Crippen LogP contribution in [0, 0.1) is 6.57 Å². The summed E-state index contributed by atoms with van der Waals surface area (Å²) in [5, 5.41) is 14.6. The number of nitrogens with zero attached hydrogens (tertiary/aromatic N) is 1. The molecule has 0 aliphatic rings. The second-order valence-corrected chi connectivity index (χ2v) is 13.9. The van der Waals surface area contributed by atoms with Crippen molar-refractivity contribution in [2.45, 2.75) is 0 Å². The van der Waals surface area contributed by atoms with E-state index >= 15 is 0 Å². The molecule has 1 aromatic heterocycles. The van der Waals surface area contributed by atoms with E-state index in [2.05, 4.69) is 157 Å². The molecular formula is C51H29NO. The van der Waals surface area contributed by atoms with Gasteiger partial charge in [0, 0.05) is 10.8 Å². The summed E-state index contributed by atoms with van der Waals surface area (Å²) in [5.41, 5.74) is 9.52. The minimum absolute atomic E-state index is 0.655. The van der Waals surface area contributed by atoms with Gasteiger partial charge in [0.15, 0.2) is 5.69 Å². The maximum Gasteiger partial charge on any atom is 0.187 e. The smallest absolute Gasteiger partial charge is 0.187 e. The summed E-state index contributed by atoms with van der Waals surface area (Å²) in [5.74, 6) is 0. The molecule has 0 aliphatic carbocycles. The van der Waals surface area contributed by atoms with Crippen molar-refractivity contribution in [2.24, 2.45) is 0 Å². The normalized spacial score (nSPS) is 11.8. The van der Waals surface area contributed by atoms with Gasteiger partial charge in [-0.3, -0.25) is 0 Å². The van der Waals surface area contributed by atoms with Crippen LogP contribution in [-0.2, 0) is 0 Å². The summed E-state index contributed by atoms with van der Waals surface area (Å²) in [4.78, 5) is 3.53. The number of hydrogen-bond acceptors (Lipinski definition) is 1. The highest BCUT2D eigenvalue weighted by molar-refractivity contribution is 6.30. The summed E-state index contributed by atoms with van der Waals surface area (Å²) < 4.78 is 6.55. The lowest BCUT2D eigenvalue weighted by Crippen LogP contribution is -1.88. The first-order valence-corrected chi connectivity index (χ1v) is 17.9. The zero-order valence-electron chi connectivity index (χ0n) is 28.6. The quantitative estimate of drug-likeness (QED) is 0.135. The molecule has 0 bridgehead atoms. The third kappa shape index (κ3) is 4.51. The SMILES string of the molecule is [C-]#[N+]c1ccc(-c2ccc(-c3ccc(-c4ccc5c(c4)c4ccccc4c4cc6c(cc54)oc4ccc5ccccc5c46)c4ccccc34)cc2)cc1. The van der Waals surface area contributed by atoms with Crippen LogP contribution in [0.4, 0.5) is 5.69 Å². The molecule has 53 heavy (non-hydrogen) atoms. The summed E-state index contributed by atoms with van der Waals surface area (Å²) >= 11 is 0. The summed E-state index contributed by atoms with van der Waals surface area (Å²) in [7, 11) is 0. The van der Waals surface area contributed by atoms with Crippen molar-refractivity contribution in [3.63, 3.8) is 0 Å². The fraction of sp³-hybridized carbons (Fsp3) is 0. The number of benzene rings is 10. The van der Waals surface area contributed by atoms with Gasteiger partial charge in [0.05, 0.1) is 6.57 Å². The molecule has 0 radical (unpaired) electrons. The minimum atomic E-state index is 0.655. The van der Waals surface area contributed by atoms with Crippen LogP contribution in [0.5, 0.6) is 0 Å². The molecule has 0 unspecified atom stereocenters. The molecule has 0 N–H and O–H groups in total. The molecule has 0 saturated heterocycles. The Hall–Kier alpha value is -7.21. The zero-order valence-corrected chi connectivity index (χ0v) is 28.6. The summed E-state index contributed by atoms with van der Waals surface area (Å²) in [6, 6.07) is 63.0. The Balaban J connectivity index is 1.07. The molecule has 244 valence electrons. The Morgan fingerprint density at radius 3 is 1.57 bits per heavy atom. The van der Waals surface area contributed by atoms with Gasteiger partial charge in [-0.05, 0) is 112 Å². The molecule has 1 heterocycles. The van der Waals surface area contributed by atoms with Gasteiger partial charge in [-0.25, -0.2) is 4.85 Å². The minimum Gasteiger partial charge on any atom is -0.456 e. The average molecular weight is 672 g/mol. The first-order chi connectivity index (χ1) is 26.2. The summed E-state index contributed by atoms with van der Waals surface area (Å²) in [6.07, 6.45) is 0. The van der Waals surface area contributed by atoms with Crippen LogP contribution in [0.1, 0.15) is 0 Å². The highest BCUT2D eigenvalue weighted by Crippen LogP contribution is 2.44. The topological polar surface area (TPSA) is 17.5 Å². The van der Waals surface area contributed by atoms with E-state index in [0.717, 1.165) is 27.7 Å². The van der Waals surface area contributed by atoms with Gasteiger partial charge < -0.3 is 4.42 Å². The largest absolute Gasteiger partial charge is 0.456 e. The highest BCUT2D eigenvalue weighted by Gasteiger charge is 2.17. The lowest BCUT2D eigenvalue weighted by molar-refractivity contribution is 0.670. The van der Waals surface area contributed by atoms with Gasteiger partial charge in [-0.1, -0.05) is 152 Å². The van der Waals surface area contributed by atoms with Crippen molar-refractivity contribution in [3.8, 4) is 33.4 Å². The van der Waals surface area contributed by atoms with Crippen molar-refractivity contribution < 1.29 is 4.42 Å². The molecule has 2 nitrogen and oxygen atoms in total. The highest BCUT2D eigenvalue weighted by atomic mass is 16.3. The number of rotatable bonds is 3. The van der Waals surface area contributed by atoms with Crippen LogP contribution >= 0.6 is 0 Å². The fourth-order valence-corrected chi connectivity index (χ4v) is 8.53. The second-order valence-electron chi connectivity index (χ2n) is 13.9. The van der Waals surface area contributed by atoms with Gasteiger partial charge in [-0.2, -0.15) is 0 Å². The number of fused-ring (bicyclic) bond motifs is 12. The van der Waals surface area contributed by atoms with Crippen LogP contribution < -0.4 is 0 Å². The van der Waals surface area contributed by atoms with E-state index in [1.165, 1.54) is 81.5 Å². The Kier molecular flexibility index (Phi) is 6.35. The molecule has 0 saturated carbocycles. The van der Waals surface area contributed by atoms with Gasteiger partial charge in [-0.15, -0.1) is 0 Å². The van der Waals surface area contributed by atoms with E-state index < -0.39 is 0 Å². The van der Waals surface area contributed by atoms with Crippen molar-refractivity contribution in [1.82, 2.24) is 0 Å². The predicted octanol–water partition coefficient (Wildman–Crippen LogP) is 14.9. The number of hydrogen-bond donors (Lipinski definition) is 0. The first-order valence-electron chi connectivity index (χ1n) is 17.9. The second kappa shape index (κ2) is 11.4. The molecule has 0 fully saturated rings. The molecule has 10 aromatic carbocycles. The van der Waals surface area contributed by atoms with E-state index in [1.54, 1.807) is 0 Å². The van der Waals surface area contributed by atoms with Gasteiger partial charge >= 0.3 is 0 Å². The van der Waals surface area contributed by atoms with Gasteiger partial charge in [0.2, 0.25) is 0 Å². The maximum absolute atomic E-state index is 7.26. The standard InChI is InChI=1S/C51H29NO/c1-52-36-22-18-32(19-23-36)31-14-16-34(17-15-31)37-25-26-38(41-11-5-4-10-40(37)41)35-20-24-44-45(28-35)42-12-6-7-13-43(42)46-29-48-50(30-47(44)46)53-49-27-21-33-8-2-3-9-39(33)51(48)49/h2-30H. The molecule has 11 rings (SSSR count). The molecule has 11 aromatic rings. The lowest BCUT2D eigenvalue weighted by atomic mass is 9.88. The molecule has 0 atom stereocenters. The Morgan fingerprint density at radius 2 is 0.868 bits per heavy atom. The van der Waals surface area contributed by atoms with E-state index in [0.29, 0.717) is 5.69 Å². The van der Waals surface area contributed by atoms with Crippen LogP contribution in [0.25, 0.3) is 114 Å². The Bertz CT molecular complexity index is 3320. The first kappa shape index (κ1) is 29.5. The third-order valence-electron chi connectivity index (χ3n) is 11.1.